The predicted molar refractivity (Wildman–Crippen MR) is 141 cm³/mol. The van der Waals surface area contributed by atoms with Gasteiger partial charge >= 0.3 is 0 Å². The van der Waals surface area contributed by atoms with Crippen LogP contribution in [-0.4, -0.2) is 50.6 Å². The highest BCUT2D eigenvalue weighted by Gasteiger charge is 2.31. The number of rotatable bonds is 7. The maximum absolute atomic E-state index is 13.0. The van der Waals surface area contributed by atoms with Gasteiger partial charge in [0.1, 0.15) is 17.8 Å². The van der Waals surface area contributed by atoms with Crippen molar-refractivity contribution >= 4 is 17.5 Å². The van der Waals surface area contributed by atoms with Crippen molar-refractivity contribution in [2.75, 3.05) is 19.4 Å². The first kappa shape index (κ1) is 26.8. The van der Waals surface area contributed by atoms with Gasteiger partial charge in [0.25, 0.3) is 17.4 Å². The minimum Gasteiger partial charge on any atom is -0.501 e. The number of hydrogen-bond acceptors (Lipinski definition) is 8. The van der Waals surface area contributed by atoms with Crippen molar-refractivity contribution in [2.24, 2.45) is 7.05 Å². The van der Waals surface area contributed by atoms with E-state index in [9.17, 15) is 24.8 Å². The summed E-state index contributed by atoms with van der Waals surface area (Å²) in [6.07, 6.45) is 2.45. The van der Waals surface area contributed by atoms with Gasteiger partial charge in [-0.1, -0.05) is 42.4 Å². The average molecular weight is 527 g/mol. The highest BCUT2D eigenvalue weighted by atomic mass is 16.5. The second-order valence-corrected chi connectivity index (χ2v) is 9.19. The van der Waals surface area contributed by atoms with Crippen LogP contribution in [-0.2, 0) is 7.05 Å². The van der Waals surface area contributed by atoms with E-state index in [4.69, 9.17) is 4.52 Å². The Kier molecular flexibility index (Phi) is 7.58. The molecule has 0 aliphatic carbocycles. The largest absolute Gasteiger partial charge is 0.501 e. The molecule has 0 fully saturated rings. The highest BCUT2D eigenvalue weighted by Crippen LogP contribution is 2.39. The topological polar surface area (TPSA) is 154 Å². The second kappa shape index (κ2) is 11.0. The molecule has 0 spiro atoms. The molecule has 0 bridgehead atoms. The molecular formula is C28H26N6O5. The van der Waals surface area contributed by atoms with Crippen molar-refractivity contribution in [2.45, 2.75) is 18.8 Å². The van der Waals surface area contributed by atoms with E-state index in [1.807, 2.05) is 30.3 Å². The van der Waals surface area contributed by atoms with Gasteiger partial charge in [-0.2, -0.15) is 5.26 Å². The smallest absolute Gasteiger partial charge is 0.296 e. The molecule has 2 aromatic heterocycles. The first-order chi connectivity index (χ1) is 18.6. The third-order valence-corrected chi connectivity index (χ3v) is 6.43. The summed E-state index contributed by atoms with van der Waals surface area (Å²) in [5, 5.41) is 26.5. The molecule has 2 N–H and O–H groups in total. The molecule has 2 atom stereocenters. The number of benzene rings is 2. The molecule has 2 unspecified atom stereocenters. The van der Waals surface area contributed by atoms with E-state index in [1.54, 1.807) is 39.2 Å². The lowest BCUT2D eigenvalue weighted by atomic mass is 9.78. The lowest BCUT2D eigenvalue weighted by Gasteiger charge is -2.27. The quantitative estimate of drug-likeness (QED) is 0.372. The van der Waals surface area contributed by atoms with Gasteiger partial charge < -0.3 is 19.8 Å². The molecule has 11 nitrogen and oxygen atoms in total. The van der Waals surface area contributed by atoms with Crippen LogP contribution < -0.4 is 10.9 Å². The Morgan fingerprint density at radius 1 is 1.18 bits per heavy atom. The normalized spacial score (nSPS) is 12.3. The zero-order valence-corrected chi connectivity index (χ0v) is 21.7. The van der Waals surface area contributed by atoms with Crippen molar-refractivity contribution in [3.05, 3.63) is 105 Å². The molecule has 0 saturated carbocycles. The molecule has 39 heavy (non-hydrogen) atoms. The van der Waals surface area contributed by atoms with Gasteiger partial charge in [0, 0.05) is 38.5 Å². The van der Waals surface area contributed by atoms with Crippen molar-refractivity contribution in [1.29, 1.82) is 5.26 Å². The molecule has 2 amide bonds. The van der Waals surface area contributed by atoms with Crippen LogP contribution in [0.3, 0.4) is 0 Å². The molecule has 11 heteroatoms. The first-order valence-corrected chi connectivity index (χ1v) is 11.9. The summed E-state index contributed by atoms with van der Waals surface area (Å²) in [4.78, 5) is 44.6. The predicted octanol–water partition coefficient (Wildman–Crippen LogP) is 3.24. The summed E-state index contributed by atoms with van der Waals surface area (Å²) in [5.41, 5.74) is 1.04. The molecule has 0 aliphatic rings. The number of carbonyl (C=O) groups excluding carboxylic acids is 2. The van der Waals surface area contributed by atoms with E-state index < -0.39 is 34.7 Å². The molecule has 2 aromatic carbocycles. The summed E-state index contributed by atoms with van der Waals surface area (Å²) < 4.78 is 5.89. The van der Waals surface area contributed by atoms with Crippen LogP contribution in [0.1, 0.15) is 62.1 Å². The number of carbonyl (C=O) groups is 2. The van der Waals surface area contributed by atoms with Crippen molar-refractivity contribution in [1.82, 2.24) is 19.6 Å². The summed E-state index contributed by atoms with van der Waals surface area (Å²) in [5.74, 6) is -2.82. The average Bonchev–Trinajstić information content (AvgIpc) is 3.45. The summed E-state index contributed by atoms with van der Waals surface area (Å²) >= 11 is 0. The number of nitrogens with one attached hydrogen (secondary N) is 1. The van der Waals surface area contributed by atoms with E-state index in [-0.39, 0.29) is 17.4 Å². The van der Waals surface area contributed by atoms with Crippen molar-refractivity contribution < 1.29 is 19.2 Å². The van der Waals surface area contributed by atoms with E-state index in [0.29, 0.717) is 16.7 Å². The van der Waals surface area contributed by atoms with E-state index >= 15 is 0 Å². The maximum Gasteiger partial charge on any atom is 0.296 e. The molecule has 0 radical (unpaired) electrons. The fraction of sp³-hybridized carbons (Fsp3) is 0.214. The standard InChI is InChI=1S/C28H26N6O5/c1-16(25-32-23(24(35)28(38)34(25)4)26(36)31-20-14-30-39-15-20)22(17-8-6-5-7-9-17)21-12-18(27(37)33(2)3)10-11-19(21)13-29/h5-12,14-16,22,35H,1-4H3,(H,31,36). The van der Waals surface area contributed by atoms with Crippen LogP contribution in [0.2, 0.25) is 0 Å². The molecule has 2 heterocycles. The Morgan fingerprint density at radius 2 is 1.90 bits per heavy atom. The maximum atomic E-state index is 13.0. The SMILES string of the molecule is CC(c1nc(C(=O)Nc2cnoc2)c(O)c(=O)n1C)C(c1ccccc1)c1cc(C(=O)N(C)C)ccc1C#N. The van der Waals surface area contributed by atoms with E-state index in [2.05, 4.69) is 21.5 Å². The third kappa shape index (κ3) is 5.26. The number of nitriles is 1. The van der Waals surface area contributed by atoms with Crippen LogP contribution >= 0.6 is 0 Å². The molecule has 4 aromatic rings. The lowest BCUT2D eigenvalue weighted by molar-refractivity contribution is 0.0827. The summed E-state index contributed by atoms with van der Waals surface area (Å²) in [6, 6.07) is 16.4. The van der Waals surface area contributed by atoms with Gasteiger partial charge in [-0.05, 0) is 29.3 Å². The van der Waals surface area contributed by atoms with Gasteiger partial charge in [0.15, 0.2) is 5.69 Å². The number of hydrogen-bond donors (Lipinski definition) is 2. The van der Waals surface area contributed by atoms with Crippen LogP contribution in [0.25, 0.3) is 0 Å². The minimum atomic E-state index is -0.825. The van der Waals surface area contributed by atoms with Gasteiger partial charge in [0.05, 0.1) is 17.8 Å². The molecule has 4 rings (SSSR count). The summed E-state index contributed by atoms with van der Waals surface area (Å²) in [7, 11) is 4.72. The number of aromatic hydroxyl groups is 1. The summed E-state index contributed by atoms with van der Waals surface area (Å²) in [6.45, 7) is 1.81. The lowest BCUT2D eigenvalue weighted by Crippen LogP contribution is -2.29. The fourth-order valence-corrected chi connectivity index (χ4v) is 4.49. The molecule has 0 saturated heterocycles. The number of anilines is 1. The minimum absolute atomic E-state index is 0.190. The Bertz CT molecular complexity index is 1620. The van der Waals surface area contributed by atoms with Crippen LogP contribution in [0.15, 0.2) is 70.3 Å². The number of aromatic nitrogens is 3. The molecular weight excluding hydrogens is 500 g/mol. The highest BCUT2D eigenvalue weighted by molar-refractivity contribution is 6.04. The zero-order chi connectivity index (χ0) is 28.3. The number of nitrogens with zero attached hydrogens (tertiary/aromatic N) is 5. The Morgan fingerprint density at radius 3 is 2.51 bits per heavy atom. The van der Waals surface area contributed by atoms with E-state index in [0.717, 1.165) is 5.56 Å². The van der Waals surface area contributed by atoms with Gasteiger partial charge in [-0.25, -0.2) is 4.98 Å². The Labute approximate surface area is 223 Å². The first-order valence-electron chi connectivity index (χ1n) is 11.9. The van der Waals surface area contributed by atoms with Crippen molar-refractivity contribution in [3.8, 4) is 11.8 Å². The van der Waals surface area contributed by atoms with Gasteiger partial charge in [0.2, 0.25) is 5.75 Å². The fourth-order valence-electron chi connectivity index (χ4n) is 4.49. The van der Waals surface area contributed by atoms with Crippen LogP contribution in [0.5, 0.6) is 5.75 Å². The third-order valence-electron chi connectivity index (χ3n) is 6.43. The van der Waals surface area contributed by atoms with E-state index in [1.165, 1.54) is 29.0 Å². The van der Waals surface area contributed by atoms with Gasteiger partial charge in [-0.15, -0.1) is 0 Å². The Balaban J connectivity index is 1.90. The van der Waals surface area contributed by atoms with Crippen molar-refractivity contribution in [3.63, 3.8) is 0 Å². The molecule has 198 valence electrons. The van der Waals surface area contributed by atoms with Crippen LogP contribution in [0, 0.1) is 11.3 Å². The Hall–Kier alpha value is -5.24. The van der Waals surface area contributed by atoms with Crippen LogP contribution in [0.4, 0.5) is 5.69 Å². The van der Waals surface area contributed by atoms with Gasteiger partial charge in [-0.3, -0.25) is 19.0 Å². The molecule has 0 aliphatic heterocycles. The zero-order valence-electron chi connectivity index (χ0n) is 21.7. The number of amides is 2. The monoisotopic (exact) mass is 526 g/mol. The second-order valence-electron chi connectivity index (χ2n) is 9.19.